The van der Waals surface area contributed by atoms with Crippen molar-refractivity contribution in [3.8, 4) is 0 Å². The summed E-state index contributed by atoms with van der Waals surface area (Å²) in [5, 5.41) is 28.3. The Bertz CT molecular complexity index is 318. The average molecular weight is 289 g/mol. The smallest absolute Gasteiger partial charge is 0.410 e. The second-order valence-electron chi connectivity index (χ2n) is 6.50. The molecule has 1 atom stereocenters. The fourth-order valence-electron chi connectivity index (χ4n) is 2.63. The Balaban J connectivity index is 2.62. The minimum atomic E-state index is -0.865. The lowest BCUT2D eigenvalue weighted by molar-refractivity contribution is -0.0650. The zero-order valence-corrected chi connectivity index (χ0v) is 12.6. The van der Waals surface area contributed by atoms with Crippen molar-refractivity contribution < 1.29 is 24.9 Å². The summed E-state index contributed by atoms with van der Waals surface area (Å²) >= 11 is 0. The van der Waals surface area contributed by atoms with Gasteiger partial charge in [0.1, 0.15) is 5.60 Å². The van der Waals surface area contributed by atoms with E-state index >= 15 is 0 Å². The van der Waals surface area contributed by atoms with Crippen LogP contribution in [0.5, 0.6) is 0 Å². The van der Waals surface area contributed by atoms with E-state index < -0.39 is 17.1 Å². The van der Waals surface area contributed by atoms with Crippen molar-refractivity contribution in [2.75, 3.05) is 26.3 Å². The van der Waals surface area contributed by atoms with E-state index in [1.165, 1.54) is 0 Å². The molecule has 0 saturated carbocycles. The second kappa shape index (κ2) is 6.74. The lowest BCUT2D eigenvalue weighted by Gasteiger charge is -2.44. The maximum atomic E-state index is 12.0. The number of rotatable bonds is 4. The van der Waals surface area contributed by atoms with Crippen molar-refractivity contribution in [2.24, 2.45) is 5.41 Å². The second-order valence-corrected chi connectivity index (χ2v) is 6.50. The van der Waals surface area contributed by atoms with Gasteiger partial charge >= 0.3 is 6.09 Å². The van der Waals surface area contributed by atoms with Crippen LogP contribution in [0.2, 0.25) is 0 Å². The lowest BCUT2D eigenvalue weighted by atomic mass is 9.71. The summed E-state index contributed by atoms with van der Waals surface area (Å²) in [5.41, 5.74) is -1.04. The summed E-state index contributed by atoms with van der Waals surface area (Å²) in [4.78, 5) is 13.6. The van der Waals surface area contributed by atoms with E-state index in [1.54, 1.807) is 4.90 Å². The van der Waals surface area contributed by atoms with Gasteiger partial charge in [0.25, 0.3) is 0 Å². The average Bonchev–Trinajstić information content (AvgIpc) is 2.36. The first kappa shape index (κ1) is 17.2. The first-order chi connectivity index (χ1) is 9.24. The molecule has 1 unspecified atom stereocenters. The van der Waals surface area contributed by atoms with Crippen LogP contribution in [0.4, 0.5) is 4.79 Å². The third-order valence-electron chi connectivity index (χ3n) is 3.90. The Labute approximate surface area is 120 Å². The van der Waals surface area contributed by atoms with Gasteiger partial charge in [-0.3, -0.25) is 0 Å². The number of nitrogens with zero attached hydrogens (tertiary/aromatic N) is 1. The van der Waals surface area contributed by atoms with Crippen LogP contribution >= 0.6 is 0 Å². The van der Waals surface area contributed by atoms with Crippen LogP contribution in [0.15, 0.2) is 0 Å². The molecular weight excluding hydrogens is 262 g/mol. The maximum absolute atomic E-state index is 12.0. The number of ether oxygens (including phenoxy) is 1. The standard InChI is InChI=1S/C14H27NO5/c1-13(2,3)20-12(19)15-7-4-14(5-8-15,6-9-16)11(18)10-17/h11,16-18H,4-10H2,1-3H3. The van der Waals surface area contributed by atoms with E-state index in [2.05, 4.69) is 0 Å². The normalized spacial score (nSPS) is 20.6. The number of carbonyl (C=O) groups excluding carboxylic acids is 1. The first-order valence-electron chi connectivity index (χ1n) is 7.12. The number of amides is 1. The number of aliphatic hydroxyl groups is 3. The highest BCUT2D eigenvalue weighted by Crippen LogP contribution is 2.38. The zero-order valence-electron chi connectivity index (χ0n) is 12.6. The van der Waals surface area contributed by atoms with Gasteiger partial charge < -0.3 is 25.0 Å². The maximum Gasteiger partial charge on any atom is 0.410 e. The summed E-state index contributed by atoms with van der Waals surface area (Å²) in [6.07, 6.45) is 0.309. The molecule has 0 radical (unpaired) electrons. The molecule has 1 fully saturated rings. The molecule has 0 bridgehead atoms. The van der Waals surface area contributed by atoms with Crippen molar-refractivity contribution in [2.45, 2.75) is 51.7 Å². The molecule has 0 aliphatic carbocycles. The van der Waals surface area contributed by atoms with Crippen LogP contribution in [0, 0.1) is 5.41 Å². The highest BCUT2D eigenvalue weighted by Gasteiger charge is 2.41. The number of piperidine rings is 1. The third kappa shape index (κ3) is 4.33. The van der Waals surface area contributed by atoms with Gasteiger partial charge in [-0.25, -0.2) is 4.79 Å². The van der Waals surface area contributed by atoms with E-state index in [4.69, 9.17) is 14.9 Å². The summed E-state index contributed by atoms with van der Waals surface area (Å²) in [7, 11) is 0. The summed E-state index contributed by atoms with van der Waals surface area (Å²) in [5.74, 6) is 0. The fraction of sp³-hybridized carbons (Fsp3) is 0.929. The van der Waals surface area contributed by atoms with Gasteiger partial charge in [0.15, 0.2) is 0 Å². The van der Waals surface area contributed by atoms with Crippen LogP contribution in [0.25, 0.3) is 0 Å². The molecule has 6 nitrogen and oxygen atoms in total. The number of hydrogen-bond donors (Lipinski definition) is 3. The zero-order chi connectivity index (χ0) is 15.4. The largest absolute Gasteiger partial charge is 0.444 e. The van der Waals surface area contributed by atoms with E-state index in [1.807, 2.05) is 20.8 Å². The molecule has 1 rings (SSSR count). The van der Waals surface area contributed by atoms with Crippen LogP contribution < -0.4 is 0 Å². The van der Waals surface area contributed by atoms with Crippen LogP contribution in [-0.2, 0) is 4.74 Å². The number of likely N-dealkylation sites (tertiary alicyclic amines) is 1. The molecule has 0 aromatic heterocycles. The molecule has 0 aromatic carbocycles. The van der Waals surface area contributed by atoms with Gasteiger partial charge in [-0.15, -0.1) is 0 Å². The third-order valence-corrected chi connectivity index (χ3v) is 3.90. The monoisotopic (exact) mass is 289 g/mol. The van der Waals surface area contributed by atoms with Gasteiger partial charge in [0, 0.05) is 25.1 Å². The predicted molar refractivity (Wildman–Crippen MR) is 74.3 cm³/mol. The Hall–Kier alpha value is -0.850. The molecular formula is C14H27NO5. The molecule has 1 aliphatic heterocycles. The highest BCUT2D eigenvalue weighted by atomic mass is 16.6. The first-order valence-corrected chi connectivity index (χ1v) is 7.12. The lowest BCUT2D eigenvalue weighted by Crippen LogP contribution is -2.50. The molecule has 1 saturated heterocycles. The molecule has 1 aliphatic rings. The number of aliphatic hydroxyl groups excluding tert-OH is 3. The van der Waals surface area contributed by atoms with Gasteiger partial charge in [-0.05, 0) is 40.0 Å². The molecule has 20 heavy (non-hydrogen) atoms. The molecule has 6 heteroatoms. The van der Waals surface area contributed by atoms with Gasteiger partial charge in [0.2, 0.25) is 0 Å². The molecule has 0 spiro atoms. The van der Waals surface area contributed by atoms with Crippen molar-refractivity contribution in [3.63, 3.8) is 0 Å². The van der Waals surface area contributed by atoms with Crippen molar-refractivity contribution >= 4 is 6.09 Å². The van der Waals surface area contributed by atoms with E-state index in [0.717, 1.165) is 0 Å². The van der Waals surface area contributed by atoms with E-state index in [0.29, 0.717) is 32.4 Å². The molecule has 118 valence electrons. The molecule has 1 amide bonds. The predicted octanol–water partition coefficient (Wildman–Crippen LogP) is 0.739. The highest BCUT2D eigenvalue weighted by molar-refractivity contribution is 5.68. The Morgan fingerprint density at radius 1 is 1.30 bits per heavy atom. The minimum Gasteiger partial charge on any atom is -0.444 e. The number of hydrogen-bond acceptors (Lipinski definition) is 5. The Morgan fingerprint density at radius 3 is 2.25 bits per heavy atom. The van der Waals surface area contributed by atoms with Crippen LogP contribution in [0.3, 0.4) is 0 Å². The van der Waals surface area contributed by atoms with Gasteiger partial charge in [-0.2, -0.15) is 0 Å². The molecule has 0 aromatic rings. The van der Waals surface area contributed by atoms with Crippen LogP contribution in [-0.4, -0.2) is 64.3 Å². The fourth-order valence-corrected chi connectivity index (χ4v) is 2.63. The Kier molecular flexibility index (Phi) is 5.79. The van der Waals surface area contributed by atoms with Gasteiger partial charge in [-0.1, -0.05) is 0 Å². The Morgan fingerprint density at radius 2 is 1.85 bits per heavy atom. The molecule has 1 heterocycles. The SMILES string of the molecule is CC(C)(C)OC(=O)N1CCC(CCO)(C(O)CO)CC1. The van der Waals surface area contributed by atoms with Gasteiger partial charge in [0.05, 0.1) is 12.7 Å². The van der Waals surface area contributed by atoms with Crippen molar-refractivity contribution in [1.29, 1.82) is 0 Å². The van der Waals surface area contributed by atoms with Crippen molar-refractivity contribution in [3.05, 3.63) is 0 Å². The van der Waals surface area contributed by atoms with Crippen LogP contribution in [0.1, 0.15) is 40.0 Å². The van der Waals surface area contributed by atoms with E-state index in [9.17, 15) is 9.90 Å². The summed E-state index contributed by atoms with van der Waals surface area (Å²) in [6, 6.07) is 0. The van der Waals surface area contributed by atoms with E-state index in [-0.39, 0.29) is 19.3 Å². The molecule has 3 N–H and O–H groups in total. The summed E-state index contributed by atoms with van der Waals surface area (Å²) < 4.78 is 5.32. The minimum absolute atomic E-state index is 0.0382. The summed E-state index contributed by atoms with van der Waals surface area (Å²) in [6.45, 7) is 6.02. The number of carbonyl (C=O) groups is 1. The topological polar surface area (TPSA) is 90.2 Å². The van der Waals surface area contributed by atoms with Crippen molar-refractivity contribution in [1.82, 2.24) is 4.90 Å². The quantitative estimate of drug-likeness (QED) is 0.710.